The molecule has 0 radical (unpaired) electrons. The Morgan fingerprint density at radius 1 is 1.35 bits per heavy atom. The number of nitrogens with one attached hydrogen (secondary N) is 1. The Labute approximate surface area is 105 Å². The van der Waals surface area contributed by atoms with Crippen LogP contribution in [0.2, 0.25) is 5.02 Å². The molecule has 17 heavy (non-hydrogen) atoms. The highest BCUT2D eigenvalue weighted by Crippen LogP contribution is 2.11. The van der Waals surface area contributed by atoms with Gasteiger partial charge in [0, 0.05) is 11.1 Å². The lowest BCUT2D eigenvalue weighted by atomic mass is 10.2. The maximum atomic E-state index is 11.4. The van der Waals surface area contributed by atoms with Gasteiger partial charge in [-0.2, -0.15) is 0 Å². The van der Waals surface area contributed by atoms with Crippen molar-refractivity contribution < 1.29 is 9.59 Å². The standard InChI is InChI=1S/C13H14ClNO2/c1-9(2)15-13(17)12(16)7-6-10-4-3-5-11(14)8-10/h3-9H,1-2H3,(H,15,17)/b7-6+. The topological polar surface area (TPSA) is 46.2 Å². The summed E-state index contributed by atoms with van der Waals surface area (Å²) in [4.78, 5) is 22.7. The van der Waals surface area contributed by atoms with Crippen LogP contribution in [-0.4, -0.2) is 17.7 Å². The fourth-order valence-electron chi connectivity index (χ4n) is 1.19. The smallest absolute Gasteiger partial charge is 0.291 e. The van der Waals surface area contributed by atoms with E-state index in [0.29, 0.717) is 5.02 Å². The molecule has 0 aliphatic rings. The lowest BCUT2D eigenvalue weighted by Gasteiger charge is -2.04. The van der Waals surface area contributed by atoms with Crippen molar-refractivity contribution in [2.24, 2.45) is 0 Å². The van der Waals surface area contributed by atoms with Gasteiger partial charge >= 0.3 is 0 Å². The SMILES string of the molecule is CC(C)NC(=O)C(=O)/C=C/c1cccc(Cl)c1. The largest absolute Gasteiger partial charge is 0.347 e. The summed E-state index contributed by atoms with van der Waals surface area (Å²) in [6, 6.07) is 6.99. The zero-order valence-corrected chi connectivity index (χ0v) is 10.5. The van der Waals surface area contributed by atoms with E-state index in [-0.39, 0.29) is 6.04 Å². The number of ketones is 1. The summed E-state index contributed by atoms with van der Waals surface area (Å²) in [7, 11) is 0. The fourth-order valence-corrected chi connectivity index (χ4v) is 1.39. The van der Waals surface area contributed by atoms with Crippen molar-refractivity contribution in [2.75, 3.05) is 0 Å². The second-order valence-corrected chi connectivity index (χ2v) is 4.32. The van der Waals surface area contributed by atoms with Gasteiger partial charge in [-0.3, -0.25) is 9.59 Å². The average Bonchev–Trinajstić information content (AvgIpc) is 2.25. The third kappa shape index (κ3) is 4.83. The summed E-state index contributed by atoms with van der Waals surface area (Å²) >= 11 is 5.79. The maximum absolute atomic E-state index is 11.4. The molecule has 0 bridgehead atoms. The predicted molar refractivity (Wildman–Crippen MR) is 68.8 cm³/mol. The fraction of sp³-hybridized carbons (Fsp3) is 0.231. The van der Waals surface area contributed by atoms with Crippen molar-refractivity contribution in [2.45, 2.75) is 19.9 Å². The molecular formula is C13H14ClNO2. The molecule has 0 heterocycles. The molecule has 1 amide bonds. The van der Waals surface area contributed by atoms with Gasteiger partial charge in [0.05, 0.1) is 0 Å². The lowest BCUT2D eigenvalue weighted by Crippen LogP contribution is -2.35. The first kappa shape index (κ1) is 13.5. The van der Waals surface area contributed by atoms with E-state index < -0.39 is 11.7 Å². The van der Waals surface area contributed by atoms with E-state index in [1.807, 2.05) is 0 Å². The van der Waals surface area contributed by atoms with Gasteiger partial charge in [0.2, 0.25) is 5.78 Å². The van der Waals surface area contributed by atoms with Gasteiger partial charge in [-0.1, -0.05) is 29.8 Å². The molecule has 0 saturated carbocycles. The van der Waals surface area contributed by atoms with Crippen LogP contribution in [-0.2, 0) is 9.59 Å². The van der Waals surface area contributed by atoms with Gasteiger partial charge in [-0.05, 0) is 37.6 Å². The monoisotopic (exact) mass is 251 g/mol. The second-order valence-electron chi connectivity index (χ2n) is 3.88. The Hall–Kier alpha value is -1.61. The van der Waals surface area contributed by atoms with E-state index >= 15 is 0 Å². The van der Waals surface area contributed by atoms with Crippen molar-refractivity contribution in [3.05, 3.63) is 40.9 Å². The third-order valence-electron chi connectivity index (χ3n) is 1.92. The van der Waals surface area contributed by atoms with Crippen LogP contribution in [0.5, 0.6) is 0 Å². The predicted octanol–water partition coefficient (Wildman–Crippen LogP) is 2.45. The molecule has 0 unspecified atom stereocenters. The Morgan fingerprint density at radius 2 is 2.06 bits per heavy atom. The van der Waals surface area contributed by atoms with Crippen molar-refractivity contribution >= 4 is 29.4 Å². The lowest BCUT2D eigenvalue weighted by molar-refractivity contribution is -0.135. The molecule has 1 aromatic rings. The average molecular weight is 252 g/mol. The highest BCUT2D eigenvalue weighted by atomic mass is 35.5. The van der Waals surface area contributed by atoms with E-state index in [9.17, 15) is 9.59 Å². The number of halogens is 1. The van der Waals surface area contributed by atoms with Crippen molar-refractivity contribution in [1.82, 2.24) is 5.32 Å². The summed E-state index contributed by atoms with van der Waals surface area (Å²) in [5.41, 5.74) is 0.781. The van der Waals surface area contributed by atoms with Crippen LogP contribution in [0.4, 0.5) is 0 Å². The highest BCUT2D eigenvalue weighted by molar-refractivity contribution is 6.41. The van der Waals surface area contributed by atoms with Crippen molar-refractivity contribution in [3.63, 3.8) is 0 Å². The summed E-state index contributed by atoms with van der Waals surface area (Å²) < 4.78 is 0. The Morgan fingerprint density at radius 3 is 2.65 bits per heavy atom. The maximum Gasteiger partial charge on any atom is 0.291 e. The molecular weight excluding hydrogens is 238 g/mol. The molecule has 0 aromatic heterocycles. The van der Waals surface area contributed by atoms with E-state index in [4.69, 9.17) is 11.6 Å². The molecule has 1 rings (SSSR count). The molecule has 3 nitrogen and oxygen atoms in total. The summed E-state index contributed by atoms with van der Waals surface area (Å²) in [5, 5.41) is 3.11. The Balaban J connectivity index is 2.65. The first-order chi connectivity index (χ1) is 7.99. The minimum atomic E-state index is -0.599. The number of hydrogen-bond donors (Lipinski definition) is 1. The molecule has 0 spiro atoms. The Kier molecular flexibility index (Phi) is 4.91. The quantitative estimate of drug-likeness (QED) is 0.660. The van der Waals surface area contributed by atoms with Gasteiger partial charge < -0.3 is 5.32 Å². The molecule has 4 heteroatoms. The van der Waals surface area contributed by atoms with Crippen LogP contribution >= 0.6 is 11.6 Å². The van der Waals surface area contributed by atoms with Gasteiger partial charge in [0.1, 0.15) is 0 Å². The summed E-state index contributed by atoms with van der Waals surface area (Å²) in [5.74, 6) is -1.17. The molecule has 90 valence electrons. The van der Waals surface area contributed by atoms with Crippen LogP contribution in [0.3, 0.4) is 0 Å². The molecule has 0 fully saturated rings. The van der Waals surface area contributed by atoms with Gasteiger partial charge in [0.15, 0.2) is 0 Å². The van der Waals surface area contributed by atoms with E-state index in [1.165, 1.54) is 6.08 Å². The molecule has 1 N–H and O–H groups in total. The Bertz CT molecular complexity index is 452. The van der Waals surface area contributed by atoms with Crippen LogP contribution in [0.15, 0.2) is 30.3 Å². The van der Waals surface area contributed by atoms with Gasteiger partial charge in [-0.15, -0.1) is 0 Å². The van der Waals surface area contributed by atoms with Gasteiger partial charge in [-0.25, -0.2) is 0 Å². The number of benzene rings is 1. The van der Waals surface area contributed by atoms with E-state index in [0.717, 1.165) is 5.56 Å². The summed E-state index contributed by atoms with van der Waals surface area (Å²) in [6.07, 6.45) is 2.80. The molecule has 1 aromatic carbocycles. The molecule has 0 saturated heterocycles. The molecule has 0 atom stereocenters. The third-order valence-corrected chi connectivity index (χ3v) is 2.15. The van der Waals surface area contributed by atoms with Crippen LogP contribution in [0.25, 0.3) is 6.08 Å². The van der Waals surface area contributed by atoms with Crippen LogP contribution < -0.4 is 5.32 Å². The number of hydrogen-bond acceptors (Lipinski definition) is 2. The second kappa shape index (κ2) is 6.21. The van der Waals surface area contributed by atoms with Crippen molar-refractivity contribution in [3.8, 4) is 0 Å². The van der Waals surface area contributed by atoms with Crippen LogP contribution in [0, 0.1) is 0 Å². The summed E-state index contributed by atoms with van der Waals surface area (Å²) in [6.45, 7) is 3.59. The normalized spacial score (nSPS) is 10.8. The van der Waals surface area contributed by atoms with Crippen molar-refractivity contribution in [1.29, 1.82) is 0 Å². The number of rotatable bonds is 4. The van der Waals surface area contributed by atoms with Crippen LogP contribution in [0.1, 0.15) is 19.4 Å². The highest BCUT2D eigenvalue weighted by Gasteiger charge is 2.10. The minimum absolute atomic E-state index is 0.0500. The number of carbonyl (C=O) groups is 2. The first-order valence-electron chi connectivity index (χ1n) is 5.27. The molecule has 0 aliphatic heterocycles. The minimum Gasteiger partial charge on any atom is -0.347 e. The number of amides is 1. The molecule has 0 aliphatic carbocycles. The zero-order chi connectivity index (χ0) is 12.8. The first-order valence-corrected chi connectivity index (χ1v) is 5.65. The van der Waals surface area contributed by atoms with E-state index in [2.05, 4.69) is 5.32 Å². The van der Waals surface area contributed by atoms with E-state index in [1.54, 1.807) is 44.2 Å². The zero-order valence-electron chi connectivity index (χ0n) is 9.74. The van der Waals surface area contributed by atoms with Gasteiger partial charge in [0.25, 0.3) is 5.91 Å². The number of carbonyl (C=O) groups excluding carboxylic acids is 2.